The van der Waals surface area contributed by atoms with Crippen LogP contribution in [0.25, 0.3) is 0 Å². The van der Waals surface area contributed by atoms with Gasteiger partial charge in [-0.1, -0.05) is 6.07 Å². The number of nitrogens with zero attached hydrogens (tertiary/aromatic N) is 1. The van der Waals surface area contributed by atoms with E-state index in [4.69, 9.17) is 0 Å². The Morgan fingerprint density at radius 3 is 2.79 bits per heavy atom. The van der Waals surface area contributed by atoms with Crippen LogP contribution in [-0.2, 0) is 0 Å². The molecule has 0 aromatic carbocycles. The van der Waals surface area contributed by atoms with Gasteiger partial charge in [-0.15, -0.1) is 0 Å². The van der Waals surface area contributed by atoms with Crippen molar-refractivity contribution in [2.24, 2.45) is 0 Å². The number of aliphatic hydroxyl groups is 2. The van der Waals surface area contributed by atoms with E-state index >= 15 is 0 Å². The first-order chi connectivity index (χ1) is 6.66. The van der Waals surface area contributed by atoms with Crippen LogP contribution in [0.3, 0.4) is 0 Å². The van der Waals surface area contributed by atoms with Gasteiger partial charge in [0.05, 0.1) is 6.10 Å². The quantitative estimate of drug-likeness (QED) is 0.519. The summed E-state index contributed by atoms with van der Waals surface area (Å²) in [4.78, 5) is 3.39. The van der Waals surface area contributed by atoms with Gasteiger partial charge in [-0.2, -0.15) is 17.0 Å². The molecule has 78 valence electrons. The molecule has 0 fully saturated rings. The molecule has 1 heterocycles. The lowest BCUT2D eigenvalue weighted by atomic mass is 10.0. The fourth-order valence-electron chi connectivity index (χ4n) is 1.12. The Morgan fingerprint density at radius 1 is 1.50 bits per heavy atom. The highest BCUT2D eigenvalue weighted by Crippen LogP contribution is 2.20. The smallest absolute Gasteiger partial charge is 0.218 e. The molecule has 0 aliphatic carbocycles. The highest BCUT2D eigenvalue weighted by molar-refractivity contribution is 7.80. The van der Waals surface area contributed by atoms with Crippen LogP contribution in [0.2, 0.25) is 0 Å². The molecule has 0 aliphatic rings. The molecule has 2 N–H and O–H groups in total. The Balaban J connectivity index is 2.78. The Morgan fingerprint density at radius 2 is 2.21 bits per heavy atom. The lowest BCUT2D eigenvalue weighted by Crippen LogP contribution is -2.20. The summed E-state index contributed by atoms with van der Waals surface area (Å²) in [6.07, 6.45) is -0.656. The molecule has 2 unspecified atom stereocenters. The largest absolute Gasteiger partial charge is 0.390 e. The number of hydrogen-bond donors (Lipinski definition) is 3. The van der Waals surface area contributed by atoms with Gasteiger partial charge < -0.3 is 10.2 Å². The van der Waals surface area contributed by atoms with Crippen LogP contribution in [0.1, 0.15) is 18.1 Å². The lowest BCUT2D eigenvalue weighted by molar-refractivity contribution is 0.0147. The van der Waals surface area contributed by atoms with E-state index in [0.29, 0.717) is 12.2 Å². The minimum atomic E-state index is -1.24. The van der Waals surface area contributed by atoms with E-state index in [2.05, 4.69) is 17.6 Å². The Labute approximate surface area is 87.0 Å². The number of aliphatic hydroxyl groups excluding tert-OH is 2. The summed E-state index contributed by atoms with van der Waals surface area (Å²) in [5, 5.41) is 18.9. The zero-order valence-electron chi connectivity index (χ0n) is 7.47. The standard InChI is InChI=1S/C9H12FNO2S/c10-9-6(2-1-4-11-9)8(13)7(12)3-5-14/h1-2,4,7-8,12-14H,3,5H2. The first-order valence-corrected chi connectivity index (χ1v) is 4.87. The zero-order valence-corrected chi connectivity index (χ0v) is 8.36. The Kier molecular flexibility index (Phi) is 4.31. The number of rotatable bonds is 4. The van der Waals surface area contributed by atoms with Crippen LogP contribution >= 0.6 is 12.6 Å². The van der Waals surface area contributed by atoms with Crippen molar-refractivity contribution in [3.8, 4) is 0 Å². The fourth-order valence-corrected chi connectivity index (χ4v) is 1.38. The van der Waals surface area contributed by atoms with E-state index in [1.54, 1.807) is 0 Å². The van der Waals surface area contributed by atoms with Crippen molar-refractivity contribution in [2.45, 2.75) is 18.6 Å². The Hall–Kier alpha value is -0.650. The summed E-state index contributed by atoms with van der Waals surface area (Å²) < 4.78 is 13.0. The van der Waals surface area contributed by atoms with Gasteiger partial charge in [-0.05, 0) is 18.2 Å². The normalized spacial score (nSPS) is 15.1. The third-order valence-electron chi connectivity index (χ3n) is 1.90. The van der Waals surface area contributed by atoms with Crippen LogP contribution in [0.5, 0.6) is 0 Å². The molecule has 5 heteroatoms. The van der Waals surface area contributed by atoms with Crippen LogP contribution in [-0.4, -0.2) is 27.1 Å². The molecule has 0 saturated heterocycles. The predicted molar refractivity (Wildman–Crippen MR) is 53.6 cm³/mol. The van der Waals surface area contributed by atoms with Crippen molar-refractivity contribution >= 4 is 12.6 Å². The molecule has 0 bridgehead atoms. The van der Waals surface area contributed by atoms with Crippen molar-refractivity contribution in [3.63, 3.8) is 0 Å². The van der Waals surface area contributed by atoms with E-state index in [1.807, 2.05) is 0 Å². The van der Waals surface area contributed by atoms with Crippen molar-refractivity contribution in [3.05, 3.63) is 29.8 Å². The monoisotopic (exact) mass is 217 g/mol. The van der Waals surface area contributed by atoms with E-state index in [-0.39, 0.29) is 5.56 Å². The summed E-state index contributed by atoms with van der Waals surface area (Å²) in [7, 11) is 0. The predicted octanol–water partition coefficient (Wildman–Crippen LogP) is 0.935. The van der Waals surface area contributed by atoms with E-state index in [0.717, 1.165) is 0 Å². The number of aromatic nitrogens is 1. The Bertz CT molecular complexity index is 298. The fraction of sp³-hybridized carbons (Fsp3) is 0.444. The molecule has 1 rings (SSSR count). The number of pyridine rings is 1. The molecule has 0 saturated carbocycles. The molecule has 3 nitrogen and oxygen atoms in total. The second-order valence-electron chi connectivity index (χ2n) is 2.91. The second-order valence-corrected chi connectivity index (χ2v) is 3.36. The van der Waals surface area contributed by atoms with Gasteiger partial charge in [0, 0.05) is 11.8 Å². The maximum Gasteiger partial charge on any atom is 0.218 e. The summed E-state index contributed by atoms with van der Waals surface area (Å²) in [5.74, 6) is -0.321. The summed E-state index contributed by atoms with van der Waals surface area (Å²) in [5.41, 5.74) is 0.0155. The van der Waals surface area contributed by atoms with Gasteiger partial charge in [0.2, 0.25) is 5.95 Å². The summed E-state index contributed by atoms with van der Waals surface area (Å²) >= 11 is 3.91. The second kappa shape index (κ2) is 5.29. The average molecular weight is 217 g/mol. The van der Waals surface area contributed by atoms with Gasteiger partial charge in [0.1, 0.15) is 6.10 Å². The SMILES string of the molecule is OC(CCS)C(O)c1cccnc1F. The number of halogens is 1. The van der Waals surface area contributed by atoms with E-state index in [1.165, 1.54) is 18.3 Å². The maximum absolute atomic E-state index is 13.0. The third kappa shape index (κ3) is 2.67. The van der Waals surface area contributed by atoms with Gasteiger partial charge >= 0.3 is 0 Å². The molecular formula is C9H12FNO2S. The highest BCUT2D eigenvalue weighted by Gasteiger charge is 2.20. The first kappa shape index (κ1) is 11.4. The lowest BCUT2D eigenvalue weighted by Gasteiger charge is -2.17. The van der Waals surface area contributed by atoms with Crippen LogP contribution in [0, 0.1) is 5.95 Å². The molecule has 14 heavy (non-hydrogen) atoms. The summed E-state index contributed by atoms with van der Waals surface area (Å²) in [6.45, 7) is 0. The van der Waals surface area contributed by atoms with Gasteiger partial charge in [0.25, 0.3) is 0 Å². The minimum absolute atomic E-state index is 0.0155. The minimum Gasteiger partial charge on any atom is -0.390 e. The molecule has 1 aromatic rings. The highest BCUT2D eigenvalue weighted by atomic mass is 32.1. The number of hydrogen-bond acceptors (Lipinski definition) is 4. The molecule has 0 amide bonds. The molecule has 0 spiro atoms. The topological polar surface area (TPSA) is 53.4 Å². The van der Waals surface area contributed by atoms with Gasteiger partial charge in [-0.3, -0.25) is 0 Å². The van der Waals surface area contributed by atoms with Crippen molar-refractivity contribution in [2.75, 3.05) is 5.75 Å². The molecular weight excluding hydrogens is 205 g/mol. The summed E-state index contributed by atoms with van der Waals surface area (Å²) in [6, 6.07) is 2.91. The van der Waals surface area contributed by atoms with Crippen molar-refractivity contribution in [1.29, 1.82) is 0 Å². The van der Waals surface area contributed by atoms with E-state index in [9.17, 15) is 14.6 Å². The van der Waals surface area contributed by atoms with Crippen molar-refractivity contribution in [1.82, 2.24) is 4.98 Å². The van der Waals surface area contributed by atoms with Crippen LogP contribution in [0.4, 0.5) is 4.39 Å². The molecule has 1 aromatic heterocycles. The zero-order chi connectivity index (χ0) is 10.6. The van der Waals surface area contributed by atoms with Crippen LogP contribution in [0.15, 0.2) is 18.3 Å². The van der Waals surface area contributed by atoms with Crippen molar-refractivity contribution < 1.29 is 14.6 Å². The average Bonchev–Trinajstić information content (AvgIpc) is 2.18. The molecule has 2 atom stereocenters. The number of thiol groups is 1. The van der Waals surface area contributed by atoms with Gasteiger partial charge in [0.15, 0.2) is 0 Å². The maximum atomic E-state index is 13.0. The first-order valence-electron chi connectivity index (χ1n) is 4.24. The third-order valence-corrected chi connectivity index (χ3v) is 2.15. The molecule has 0 aliphatic heterocycles. The molecule has 0 radical (unpaired) electrons. The van der Waals surface area contributed by atoms with Gasteiger partial charge in [-0.25, -0.2) is 4.98 Å². The van der Waals surface area contributed by atoms with Crippen LogP contribution < -0.4 is 0 Å². The van der Waals surface area contributed by atoms with E-state index < -0.39 is 18.2 Å².